The van der Waals surface area contributed by atoms with Crippen molar-refractivity contribution in [1.29, 1.82) is 0 Å². The van der Waals surface area contributed by atoms with Crippen LogP contribution < -0.4 is 15.0 Å². The first kappa shape index (κ1) is 23.3. The first-order chi connectivity index (χ1) is 17.4. The fourth-order valence-corrected chi connectivity index (χ4v) is 4.16. The summed E-state index contributed by atoms with van der Waals surface area (Å²) in [6, 6.07) is 22.5. The molecule has 5 rings (SSSR count). The van der Waals surface area contributed by atoms with Gasteiger partial charge in [0.1, 0.15) is 23.7 Å². The summed E-state index contributed by atoms with van der Waals surface area (Å²) >= 11 is 6.04. The molecule has 178 valence electrons. The van der Waals surface area contributed by atoms with Crippen molar-refractivity contribution in [2.45, 2.75) is 6.61 Å². The predicted octanol–water partition coefficient (Wildman–Crippen LogP) is 5.88. The molecule has 0 aliphatic carbocycles. The minimum atomic E-state index is -0.877. The van der Waals surface area contributed by atoms with Gasteiger partial charge in [-0.05, 0) is 47.2 Å². The Morgan fingerprint density at radius 3 is 2.50 bits per heavy atom. The molecule has 6 nitrogen and oxygen atoms in total. The van der Waals surface area contributed by atoms with Gasteiger partial charge in [0, 0.05) is 16.1 Å². The molecule has 0 unspecified atom stereocenters. The number of urea groups is 1. The molecule has 1 heterocycles. The van der Waals surface area contributed by atoms with Crippen molar-refractivity contribution in [2.24, 2.45) is 0 Å². The van der Waals surface area contributed by atoms with Gasteiger partial charge < -0.3 is 4.74 Å². The van der Waals surface area contributed by atoms with Crippen LogP contribution >= 0.6 is 11.6 Å². The lowest BCUT2D eigenvalue weighted by molar-refractivity contribution is -0.122. The highest BCUT2D eigenvalue weighted by Crippen LogP contribution is 2.32. The van der Waals surface area contributed by atoms with E-state index in [1.165, 1.54) is 24.3 Å². The number of rotatable bonds is 5. The molecular formula is C28H18ClFN2O4. The van der Waals surface area contributed by atoms with Crippen molar-refractivity contribution in [3.05, 3.63) is 112 Å². The van der Waals surface area contributed by atoms with Gasteiger partial charge >= 0.3 is 6.03 Å². The van der Waals surface area contributed by atoms with Crippen molar-refractivity contribution in [1.82, 2.24) is 5.32 Å². The lowest BCUT2D eigenvalue weighted by Gasteiger charge is -2.26. The molecule has 4 amide bonds. The van der Waals surface area contributed by atoms with E-state index in [2.05, 4.69) is 5.32 Å². The Balaban J connectivity index is 1.59. The normalized spacial score (nSPS) is 14.9. The van der Waals surface area contributed by atoms with E-state index in [0.29, 0.717) is 27.3 Å². The van der Waals surface area contributed by atoms with Crippen LogP contribution in [0.5, 0.6) is 5.75 Å². The summed E-state index contributed by atoms with van der Waals surface area (Å²) in [7, 11) is 0. The van der Waals surface area contributed by atoms with Gasteiger partial charge in [-0.15, -0.1) is 0 Å². The molecule has 0 radical (unpaired) electrons. The summed E-state index contributed by atoms with van der Waals surface area (Å²) < 4.78 is 20.1. The van der Waals surface area contributed by atoms with Crippen molar-refractivity contribution >= 4 is 52.0 Å². The van der Waals surface area contributed by atoms with Gasteiger partial charge in [-0.2, -0.15) is 0 Å². The number of nitrogens with zero attached hydrogens (tertiary/aromatic N) is 1. The molecule has 1 saturated heterocycles. The van der Waals surface area contributed by atoms with Crippen molar-refractivity contribution in [2.75, 3.05) is 4.90 Å². The van der Waals surface area contributed by atoms with Gasteiger partial charge in [0.2, 0.25) is 0 Å². The number of hydrogen-bond acceptors (Lipinski definition) is 4. The van der Waals surface area contributed by atoms with E-state index in [0.717, 1.165) is 10.3 Å². The van der Waals surface area contributed by atoms with Crippen LogP contribution in [-0.4, -0.2) is 17.8 Å². The van der Waals surface area contributed by atoms with E-state index in [1.54, 1.807) is 36.4 Å². The van der Waals surface area contributed by atoms with Gasteiger partial charge in [0.15, 0.2) is 0 Å². The molecule has 8 heteroatoms. The summed E-state index contributed by atoms with van der Waals surface area (Å²) in [6.45, 7) is -0.0611. The summed E-state index contributed by atoms with van der Waals surface area (Å²) in [6.07, 6.45) is 1.39. The molecule has 0 atom stereocenters. The van der Waals surface area contributed by atoms with Gasteiger partial charge in [-0.1, -0.05) is 66.2 Å². The lowest BCUT2D eigenvalue weighted by atomic mass is 9.99. The molecule has 36 heavy (non-hydrogen) atoms. The van der Waals surface area contributed by atoms with Crippen molar-refractivity contribution in [3.63, 3.8) is 0 Å². The van der Waals surface area contributed by atoms with Gasteiger partial charge in [-0.3, -0.25) is 14.9 Å². The minimum Gasteiger partial charge on any atom is -0.488 e. The Bertz CT molecular complexity index is 1570. The van der Waals surface area contributed by atoms with E-state index in [9.17, 15) is 18.8 Å². The molecule has 0 aromatic heterocycles. The average Bonchev–Trinajstić information content (AvgIpc) is 2.86. The van der Waals surface area contributed by atoms with Crippen LogP contribution in [0.3, 0.4) is 0 Å². The second-order valence-electron chi connectivity index (χ2n) is 8.02. The van der Waals surface area contributed by atoms with E-state index in [1.807, 2.05) is 30.3 Å². The zero-order valence-corrected chi connectivity index (χ0v) is 19.5. The number of nitrogens with one attached hydrogen (secondary N) is 1. The molecule has 1 N–H and O–H groups in total. The first-order valence-corrected chi connectivity index (χ1v) is 11.3. The second kappa shape index (κ2) is 9.64. The summed E-state index contributed by atoms with van der Waals surface area (Å²) in [5, 5.41) is 4.09. The fraction of sp³-hybridized carbons (Fsp3) is 0.0357. The van der Waals surface area contributed by atoms with Crippen LogP contribution in [0.15, 0.2) is 90.5 Å². The number of ether oxygens (including phenoxy) is 1. The molecule has 4 aromatic rings. The standard InChI is InChI=1S/C28H18ClFN2O4/c29-19-8-5-9-20(14-19)32-27(34)23(26(33)31-28(32)35)15-22-21-10-3-1-6-17(21)12-13-25(22)36-16-18-7-2-4-11-24(18)30/h1-15H,16H2,(H,31,33,35)/b23-15+. The number of barbiturate groups is 1. The Labute approximate surface area is 210 Å². The number of anilines is 1. The largest absolute Gasteiger partial charge is 0.488 e. The van der Waals surface area contributed by atoms with E-state index >= 15 is 0 Å². The quantitative estimate of drug-likeness (QED) is 0.274. The molecule has 4 aromatic carbocycles. The highest BCUT2D eigenvalue weighted by atomic mass is 35.5. The Morgan fingerprint density at radius 2 is 1.69 bits per heavy atom. The van der Waals surface area contributed by atoms with E-state index in [4.69, 9.17) is 16.3 Å². The average molecular weight is 501 g/mol. The van der Waals surface area contributed by atoms with E-state index in [-0.39, 0.29) is 17.9 Å². The zero-order valence-electron chi connectivity index (χ0n) is 18.7. The molecule has 0 spiro atoms. The third-order valence-electron chi connectivity index (χ3n) is 5.73. The maximum atomic E-state index is 14.2. The van der Waals surface area contributed by atoms with Gasteiger partial charge in [0.25, 0.3) is 11.8 Å². The monoisotopic (exact) mass is 500 g/mol. The maximum Gasteiger partial charge on any atom is 0.335 e. The summed E-state index contributed by atoms with van der Waals surface area (Å²) in [5.41, 5.74) is 0.760. The van der Waals surface area contributed by atoms with Crippen molar-refractivity contribution in [3.8, 4) is 5.75 Å². The number of hydrogen-bond donors (Lipinski definition) is 1. The maximum absolute atomic E-state index is 14.2. The first-order valence-electron chi connectivity index (χ1n) is 11.0. The SMILES string of the molecule is O=C1NC(=O)N(c2cccc(Cl)c2)C(=O)/C1=C/c1c(OCc2ccccc2F)ccc2ccccc12. The minimum absolute atomic E-state index is 0.0611. The number of imide groups is 2. The number of carbonyl (C=O) groups excluding carboxylic acids is 3. The fourth-order valence-electron chi connectivity index (χ4n) is 3.97. The van der Waals surface area contributed by atoms with Crippen LogP contribution in [0.25, 0.3) is 16.8 Å². The van der Waals surface area contributed by atoms with Gasteiger partial charge in [0.05, 0.1) is 5.69 Å². The molecule has 1 aliphatic heterocycles. The van der Waals surface area contributed by atoms with Crippen LogP contribution in [0, 0.1) is 5.82 Å². The number of halogens is 2. The van der Waals surface area contributed by atoms with E-state index < -0.39 is 23.7 Å². The van der Waals surface area contributed by atoms with Crippen LogP contribution in [0.2, 0.25) is 5.02 Å². The molecular weight excluding hydrogens is 483 g/mol. The topological polar surface area (TPSA) is 75.7 Å². The summed E-state index contributed by atoms with van der Waals surface area (Å²) in [4.78, 5) is 39.5. The highest BCUT2D eigenvalue weighted by Gasteiger charge is 2.37. The summed E-state index contributed by atoms with van der Waals surface area (Å²) in [5.74, 6) is -1.71. The number of amides is 4. The molecule has 0 saturated carbocycles. The van der Waals surface area contributed by atoms with Crippen LogP contribution in [0.1, 0.15) is 11.1 Å². The zero-order chi connectivity index (χ0) is 25.2. The highest BCUT2D eigenvalue weighted by molar-refractivity contribution is 6.39. The number of fused-ring (bicyclic) bond motifs is 1. The third kappa shape index (κ3) is 4.44. The second-order valence-corrected chi connectivity index (χ2v) is 8.45. The van der Waals surface area contributed by atoms with Crippen LogP contribution in [-0.2, 0) is 16.2 Å². The van der Waals surface area contributed by atoms with Gasteiger partial charge in [-0.25, -0.2) is 14.1 Å². The molecule has 1 aliphatic rings. The smallest absolute Gasteiger partial charge is 0.335 e. The third-order valence-corrected chi connectivity index (χ3v) is 5.96. The number of carbonyl (C=O) groups is 3. The Kier molecular flexibility index (Phi) is 6.23. The van der Waals surface area contributed by atoms with Crippen LogP contribution in [0.4, 0.5) is 14.9 Å². The number of benzene rings is 4. The van der Waals surface area contributed by atoms with Crippen molar-refractivity contribution < 1.29 is 23.5 Å². The Hall–Kier alpha value is -4.49. The molecule has 1 fully saturated rings. The molecule has 0 bridgehead atoms. The lowest BCUT2D eigenvalue weighted by Crippen LogP contribution is -2.54. The predicted molar refractivity (Wildman–Crippen MR) is 135 cm³/mol. The Morgan fingerprint density at radius 1 is 0.917 bits per heavy atom.